The van der Waals surface area contributed by atoms with Crippen LogP contribution in [0.3, 0.4) is 0 Å². The molecule has 3 nitrogen and oxygen atoms in total. The molecule has 0 aromatic carbocycles. The first-order valence-corrected chi connectivity index (χ1v) is 16.0. The Labute approximate surface area is 219 Å². The summed E-state index contributed by atoms with van der Waals surface area (Å²) < 4.78 is 19.4. The van der Waals surface area contributed by atoms with Crippen LogP contribution in [0.5, 0.6) is 0 Å². The van der Waals surface area contributed by atoms with Crippen LogP contribution in [0.2, 0.25) is 0 Å². The van der Waals surface area contributed by atoms with E-state index in [1.54, 1.807) is 0 Å². The summed E-state index contributed by atoms with van der Waals surface area (Å²) >= 11 is 0. The molecule has 0 aromatic rings. The van der Waals surface area contributed by atoms with Crippen molar-refractivity contribution in [3.63, 3.8) is 0 Å². The molecule has 35 heavy (non-hydrogen) atoms. The van der Waals surface area contributed by atoms with E-state index >= 15 is 0 Å². The van der Waals surface area contributed by atoms with Crippen LogP contribution in [-0.2, 0) is 14.2 Å². The molecule has 0 aromatic heterocycles. The molecule has 0 saturated carbocycles. The fraction of sp³-hybridized carbons (Fsp3) is 1.00. The zero-order valence-electron chi connectivity index (χ0n) is 24.4. The molecular formula is C32H62O3. The van der Waals surface area contributed by atoms with Gasteiger partial charge in [-0.1, -0.05) is 129 Å². The van der Waals surface area contributed by atoms with E-state index in [-0.39, 0.29) is 23.4 Å². The monoisotopic (exact) mass is 494 g/mol. The molecule has 0 bridgehead atoms. The molecule has 2 aliphatic heterocycles. The third-order valence-corrected chi connectivity index (χ3v) is 8.80. The van der Waals surface area contributed by atoms with Crippen LogP contribution in [0.1, 0.15) is 169 Å². The van der Waals surface area contributed by atoms with Crippen LogP contribution >= 0.6 is 0 Å². The predicted octanol–water partition coefficient (Wildman–Crippen LogP) is 9.94. The van der Waals surface area contributed by atoms with Crippen LogP contribution in [-0.4, -0.2) is 36.6 Å². The van der Waals surface area contributed by atoms with E-state index in [9.17, 15) is 0 Å². The van der Waals surface area contributed by atoms with Gasteiger partial charge in [-0.2, -0.15) is 0 Å². The standard InChI is InChI=1S/C32H62O3/c1-5-7-9-11-13-15-17-19-21-23-29-31(3,25-27-33-29)35-32(4)26-28-34-30(32)24-22-20-18-16-14-12-10-8-6-2/h29-30H,5-28H2,1-4H3. The van der Waals surface area contributed by atoms with Gasteiger partial charge >= 0.3 is 0 Å². The van der Waals surface area contributed by atoms with Crippen molar-refractivity contribution in [3.8, 4) is 0 Å². The molecule has 4 unspecified atom stereocenters. The van der Waals surface area contributed by atoms with Crippen molar-refractivity contribution >= 4 is 0 Å². The highest BCUT2D eigenvalue weighted by Crippen LogP contribution is 2.42. The molecule has 2 aliphatic rings. The highest BCUT2D eigenvalue weighted by Gasteiger charge is 2.50. The Morgan fingerprint density at radius 2 is 0.829 bits per heavy atom. The van der Waals surface area contributed by atoms with Gasteiger partial charge in [-0.05, 0) is 26.7 Å². The van der Waals surface area contributed by atoms with E-state index in [1.165, 1.54) is 116 Å². The molecule has 0 spiro atoms. The zero-order chi connectivity index (χ0) is 25.2. The average Bonchev–Trinajstić information content (AvgIpc) is 3.38. The minimum Gasteiger partial charge on any atom is -0.375 e. The smallest absolute Gasteiger partial charge is 0.0945 e. The Morgan fingerprint density at radius 1 is 0.514 bits per heavy atom. The molecule has 0 amide bonds. The Kier molecular flexibility index (Phi) is 16.2. The van der Waals surface area contributed by atoms with Gasteiger partial charge in [0.2, 0.25) is 0 Å². The van der Waals surface area contributed by atoms with Gasteiger partial charge in [-0.25, -0.2) is 0 Å². The fourth-order valence-electron chi connectivity index (χ4n) is 6.31. The van der Waals surface area contributed by atoms with E-state index in [0.717, 1.165) is 38.9 Å². The molecule has 0 aliphatic carbocycles. The largest absolute Gasteiger partial charge is 0.375 e. The molecule has 2 heterocycles. The fourth-order valence-corrected chi connectivity index (χ4v) is 6.31. The number of hydrogen-bond acceptors (Lipinski definition) is 3. The SMILES string of the molecule is CCCCCCCCCCCC1OCCC1(C)OC1(C)CCOC1CCCCCCCCCCC. The minimum absolute atomic E-state index is 0.153. The molecule has 208 valence electrons. The zero-order valence-corrected chi connectivity index (χ0v) is 24.4. The van der Waals surface area contributed by atoms with E-state index in [2.05, 4.69) is 27.7 Å². The van der Waals surface area contributed by atoms with Crippen LogP contribution in [0.4, 0.5) is 0 Å². The van der Waals surface area contributed by atoms with Gasteiger partial charge in [0.15, 0.2) is 0 Å². The molecule has 2 fully saturated rings. The highest BCUT2D eigenvalue weighted by molar-refractivity contribution is 4.98. The highest BCUT2D eigenvalue weighted by atomic mass is 16.6. The van der Waals surface area contributed by atoms with Crippen LogP contribution in [0.15, 0.2) is 0 Å². The number of hydrogen-bond donors (Lipinski definition) is 0. The van der Waals surface area contributed by atoms with Crippen LogP contribution in [0, 0.1) is 0 Å². The maximum atomic E-state index is 6.99. The molecule has 0 radical (unpaired) electrons. The van der Waals surface area contributed by atoms with Gasteiger partial charge in [-0.3, -0.25) is 0 Å². The predicted molar refractivity (Wildman–Crippen MR) is 150 cm³/mol. The molecule has 0 N–H and O–H groups in total. The van der Waals surface area contributed by atoms with Gasteiger partial charge in [0, 0.05) is 26.1 Å². The van der Waals surface area contributed by atoms with Crippen molar-refractivity contribution in [1.82, 2.24) is 0 Å². The lowest BCUT2D eigenvalue weighted by molar-refractivity contribution is -0.185. The summed E-state index contributed by atoms with van der Waals surface area (Å²) in [6.07, 6.45) is 29.6. The summed E-state index contributed by atoms with van der Waals surface area (Å²) in [5.41, 5.74) is -0.307. The number of unbranched alkanes of at least 4 members (excludes halogenated alkanes) is 16. The summed E-state index contributed by atoms with van der Waals surface area (Å²) in [5, 5.41) is 0. The Morgan fingerprint density at radius 3 is 1.17 bits per heavy atom. The quantitative estimate of drug-likeness (QED) is 0.140. The average molecular weight is 495 g/mol. The van der Waals surface area contributed by atoms with Crippen molar-refractivity contribution in [2.45, 2.75) is 192 Å². The van der Waals surface area contributed by atoms with E-state index in [4.69, 9.17) is 14.2 Å². The van der Waals surface area contributed by atoms with E-state index < -0.39 is 0 Å². The third kappa shape index (κ3) is 11.9. The summed E-state index contributed by atoms with van der Waals surface area (Å²) in [4.78, 5) is 0. The number of ether oxygens (including phenoxy) is 3. The third-order valence-electron chi connectivity index (χ3n) is 8.80. The molecule has 4 atom stereocenters. The van der Waals surface area contributed by atoms with Gasteiger partial charge in [0.1, 0.15) is 0 Å². The lowest BCUT2D eigenvalue weighted by Gasteiger charge is -2.41. The summed E-state index contributed by atoms with van der Waals surface area (Å²) in [6.45, 7) is 10.9. The van der Waals surface area contributed by atoms with Crippen LogP contribution in [0.25, 0.3) is 0 Å². The van der Waals surface area contributed by atoms with E-state index in [0.29, 0.717) is 0 Å². The lowest BCUT2D eigenvalue weighted by atomic mass is 9.88. The Hall–Kier alpha value is -0.120. The molecule has 2 rings (SSSR count). The first-order chi connectivity index (χ1) is 17.0. The first-order valence-electron chi connectivity index (χ1n) is 16.0. The lowest BCUT2D eigenvalue weighted by Crippen LogP contribution is -2.49. The van der Waals surface area contributed by atoms with Crippen molar-refractivity contribution in [3.05, 3.63) is 0 Å². The summed E-state index contributed by atoms with van der Waals surface area (Å²) in [7, 11) is 0. The van der Waals surface area contributed by atoms with Gasteiger partial charge in [-0.15, -0.1) is 0 Å². The van der Waals surface area contributed by atoms with Crippen molar-refractivity contribution in [1.29, 1.82) is 0 Å². The second kappa shape index (κ2) is 18.2. The maximum Gasteiger partial charge on any atom is 0.0945 e. The molecule has 3 heteroatoms. The molecule has 2 saturated heterocycles. The summed E-state index contributed by atoms with van der Waals surface area (Å²) in [6, 6.07) is 0. The first kappa shape index (κ1) is 31.1. The van der Waals surface area contributed by atoms with Crippen molar-refractivity contribution in [2.75, 3.05) is 13.2 Å². The van der Waals surface area contributed by atoms with Crippen LogP contribution < -0.4 is 0 Å². The minimum atomic E-state index is -0.153. The Balaban J connectivity index is 1.63. The van der Waals surface area contributed by atoms with Gasteiger partial charge in [0.25, 0.3) is 0 Å². The topological polar surface area (TPSA) is 27.7 Å². The summed E-state index contributed by atoms with van der Waals surface area (Å²) in [5.74, 6) is 0. The van der Waals surface area contributed by atoms with Gasteiger partial charge < -0.3 is 14.2 Å². The van der Waals surface area contributed by atoms with E-state index in [1.807, 2.05) is 0 Å². The maximum absolute atomic E-state index is 6.99. The number of rotatable bonds is 22. The van der Waals surface area contributed by atoms with Crippen molar-refractivity contribution < 1.29 is 14.2 Å². The normalized spacial score (nSPS) is 28.8. The second-order valence-corrected chi connectivity index (χ2v) is 12.2. The second-order valence-electron chi connectivity index (χ2n) is 12.2. The Bertz CT molecular complexity index is 465. The van der Waals surface area contributed by atoms with Crippen molar-refractivity contribution in [2.24, 2.45) is 0 Å². The van der Waals surface area contributed by atoms with Gasteiger partial charge in [0.05, 0.1) is 23.4 Å². The molecular weight excluding hydrogens is 432 g/mol.